The van der Waals surface area contributed by atoms with Crippen LogP contribution in [-0.4, -0.2) is 13.7 Å². The van der Waals surface area contributed by atoms with Crippen molar-refractivity contribution in [3.8, 4) is 39.3 Å². The first-order chi connectivity index (χ1) is 32.1. The monoisotopic (exact) mass is 831 g/mol. The highest BCUT2D eigenvalue weighted by Gasteiger charge is 2.19. The summed E-state index contributed by atoms with van der Waals surface area (Å²) in [7, 11) is 0. The van der Waals surface area contributed by atoms with E-state index in [9.17, 15) is 0 Å². The van der Waals surface area contributed by atoms with Crippen molar-refractivity contribution in [3.63, 3.8) is 0 Å². The van der Waals surface area contributed by atoms with Gasteiger partial charge in [-0.3, -0.25) is 0 Å². The highest BCUT2D eigenvalue weighted by molar-refractivity contribution is 6.11. The van der Waals surface area contributed by atoms with Gasteiger partial charge in [0.1, 0.15) is 11.2 Å². The molecule has 0 atom stereocenters. The van der Waals surface area contributed by atoms with Gasteiger partial charge in [0.2, 0.25) is 0 Å². The predicted octanol–water partition coefficient (Wildman–Crippen LogP) is 16.7. The third-order valence-electron chi connectivity index (χ3n) is 13.3. The van der Waals surface area contributed by atoms with Crippen LogP contribution in [0.15, 0.2) is 217 Å². The van der Waals surface area contributed by atoms with Crippen LogP contribution in [0, 0.1) is 0 Å². The van der Waals surface area contributed by atoms with Crippen LogP contribution in [0.5, 0.6) is 0 Å². The van der Waals surface area contributed by atoms with E-state index in [2.05, 4.69) is 240 Å². The van der Waals surface area contributed by atoms with E-state index in [-0.39, 0.29) is 0 Å². The van der Waals surface area contributed by atoms with Gasteiger partial charge in [-0.05, 0) is 114 Å². The molecule has 0 radical (unpaired) electrons. The van der Waals surface area contributed by atoms with Gasteiger partial charge in [0.25, 0.3) is 0 Å². The van der Waals surface area contributed by atoms with Crippen LogP contribution in [0.4, 0.5) is 0 Å². The van der Waals surface area contributed by atoms with Crippen molar-refractivity contribution < 1.29 is 4.42 Å². The smallest absolute Gasteiger partial charge is 0.135 e. The third kappa shape index (κ3) is 5.64. The van der Waals surface area contributed by atoms with E-state index in [1.807, 2.05) is 6.08 Å². The second-order valence-electron chi connectivity index (χ2n) is 16.9. The molecule has 0 saturated heterocycles. The second-order valence-corrected chi connectivity index (χ2v) is 16.9. The lowest BCUT2D eigenvalue weighted by molar-refractivity contribution is 0.669. The average Bonchev–Trinajstić information content (AvgIpc) is 4.10. The van der Waals surface area contributed by atoms with Crippen LogP contribution in [0.1, 0.15) is 18.2 Å². The molecule has 0 bridgehead atoms. The maximum absolute atomic E-state index is 6.45. The van der Waals surface area contributed by atoms with Gasteiger partial charge >= 0.3 is 0 Å². The molecule has 0 aliphatic heterocycles. The van der Waals surface area contributed by atoms with Gasteiger partial charge in [0.15, 0.2) is 0 Å². The van der Waals surface area contributed by atoms with E-state index in [1.165, 1.54) is 49.0 Å². The molecule has 0 unspecified atom stereocenters. The number of hydrogen-bond donors (Lipinski definition) is 0. The molecule has 0 spiro atoms. The largest absolute Gasteiger partial charge is 0.456 e. The molecular weight excluding hydrogens is 791 g/mol. The maximum Gasteiger partial charge on any atom is 0.135 e. The van der Waals surface area contributed by atoms with Gasteiger partial charge in [-0.15, -0.1) is 0 Å². The number of fused-ring (bicyclic) bond motifs is 10. The molecular formula is C61H41N3O. The molecule has 4 heteroatoms. The normalized spacial score (nSPS) is 12.1. The first-order valence-corrected chi connectivity index (χ1v) is 22.2. The number of hydrogen-bond acceptors (Lipinski definition) is 1. The molecule has 4 aromatic heterocycles. The Kier molecular flexibility index (Phi) is 8.24. The summed E-state index contributed by atoms with van der Waals surface area (Å²) >= 11 is 0. The lowest BCUT2D eigenvalue weighted by atomic mass is 9.98. The average molecular weight is 832 g/mol. The van der Waals surface area contributed by atoms with Gasteiger partial charge in [0, 0.05) is 60.3 Å². The lowest BCUT2D eigenvalue weighted by Crippen LogP contribution is -2.00. The van der Waals surface area contributed by atoms with Crippen molar-refractivity contribution in [1.82, 2.24) is 13.7 Å². The molecule has 13 rings (SSSR count). The fourth-order valence-corrected chi connectivity index (χ4v) is 10.5. The van der Waals surface area contributed by atoms with E-state index >= 15 is 0 Å². The number of rotatable bonds is 7. The SMILES string of the molecule is C=Cc1c(/C=C\C)n(-c2ccc3oc4ccc(-c5ccc(-c6cc(-n7c8ccccc8c8ccccc87)cc(-n7c8ccccc8c8ccccc87)c6)cc5)cc4c3c2)c2ccccc12. The molecule has 13 aromatic rings. The number of benzene rings is 9. The standard InChI is InChI=1S/C61H41N3O/c1-3-15-54-46(4-2)47-16-5-10-21-55(47)62(54)43-31-33-61-53(38-43)52-36-41(30-32-60(52)65-61)39-26-28-40(29-27-39)42-34-44(63-56-22-11-6-17-48(56)49-18-7-12-23-57(49)63)37-45(35-42)64-58-24-13-8-19-50(58)51-20-9-14-25-59(51)64/h3-38H,2H2,1H3/b15-3-. The third-order valence-corrected chi connectivity index (χ3v) is 13.3. The minimum atomic E-state index is 0.867. The minimum absolute atomic E-state index is 0.867. The van der Waals surface area contributed by atoms with E-state index in [0.29, 0.717) is 0 Å². The Balaban J connectivity index is 0.955. The summed E-state index contributed by atoms with van der Waals surface area (Å²) in [5.41, 5.74) is 17.7. The van der Waals surface area contributed by atoms with Crippen molar-refractivity contribution >= 4 is 88.6 Å². The van der Waals surface area contributed by atoms with Crippen LogP contribution in [0.25, 0.3) is 128 Å². The van der Waals surface area contributed by atoms with Crippen molar-refractivity contribution in [1.29, 1.82) is 0 Å². The van der Waals surface area contributed by atoms with E-state index < -0.39 is 0 Å². The summed E-state index contributed by atoms with van der Waals surface area (Å²) in [4.78, 5) is 0. The number of furan rings is 1. The Morgan fingerprint density at radius 3 is 1.31 bits per heavy atom. The number of para-hydroxylation sites is 5. The van der Waals surface area contributed by atoms with Crippen LogP contribution in [0.2, 0.25) is 0 Å². The zero-order valence-corrected chi connectivity index (χ0v) is 35.7. The second kappa shape index (κ2) is 14.5. The van der Waals surface area contributed by atoms with E-state index in [4.69, 9.17) is 4.42 Å². The van der Waals surface area contributed by atoms with Crippen molar-refractivity contribution in [2.45, 2.75) is 6.92 Å². The van der Waals surface area contributed by atoms with Crippen molar-refractivity contribution in [2.24, 2.45) is 0 Å². The van der Waals surface area contributed by atoms with E-state index in [1.54, 1.807) is 0 Å². The summed E-state index contributed by atoms with van der Waals surface area (Å²) < 4.78 is 13.6. The molecule has 65 heavy (non-hydrogen) atoms. The number of nitrogens with zero attached hydrogens (tertiary/aromatic N) is 3. The summed E-state index contributed by atoms with van der Waals surface area (Å²) in [6, 6.07) is 72.7. The van der Waals surface area contributed by atoms with Gasteiger partial charge in [-0.1, -0.05) is 140 Å². The predicted molar refractivity (Wildman–Crippen MR) is 275 cm³/mol. The Hall–Kier alpha value is -8.60. The molecule has 0 aliphatic carbocycles. The zero-order chi connectivity index (χ0) is 43.2. The molecule has 4 heterocycles. The fourth-order valence-electron chi connectivity index (χ4n) is 10.5. The Morgan fingerprint density at radius 1 is 0.369 bits per heavy atom. The number of allylic oxidation sites excluding steroid dienone is 1. The summed E-state index contributed by atoms with van der Waals surface area (Å²) in [5.74, 6) is 0. The fraction of sp³-hybridized carbons (Fsp3) is 0.0164. The van der Waals surface area contributed by atoms with E-state index in [0.717, 1.165) is 78.0 Å². The quantitative estimate of drug-likeness (QED) is 0.157. The molecule has 0 saturated carbocycles. The summed E-state index contributed by atoms with van der Waals surface area (Å²) in [6.07, 6.45) is 6.22. The summed E-state index contributed by atoms with van der Waals surface area (Å²) in [6.45, 7) is 6.24. The van der Waals surface area contributed by atoms with Crippen LogP contribution < -0.4 is 0 Å². The van der Waals surface area contributed by atoms with Crippen molar-refractivity contribution in [2.75, 3.05) is 0 Å². The molecule has 306 valence electrons. The Morgan fingerprint density at radius 2 is 0.800 bits per heavy atom. The van der Waals surface area contributed by atoms with Crippen LogP contribution in [0.3, 0.4) is 0 Å². The lowest BCUT2D eigenvalue weighted by Gasteiger charge is -2.16. The molecule has 0 aliphatic rings. The highest BCUT2D eigenvalue weighted by Crippen LogP contribution is 2.40. The first kappa shape index (κ1) is 37.0. The first-order valence-electron chi connectivity index (χ1n) is 22.2. The van der Waals surface area contributed by atoms with Crippen LogP contribution >= 0.6 is 0 Å². The zero-order valence-electron chi connectivity index (χ0n) is 35.7. The maximum atomic E-state index is 6.45. The molecule has 4 nitrogen and oxygen atoms in total. The molecule has 0 fully saturated rings. The van der Waals surface area contributed by atoms with Gasteiger partial charge in [-0.25, -0.2) is 0 Å². The van der Waals surface area contributed by atoms with Crippen LogP contribution in [-0.2, 0) is 0 Å². The minimum Gasteiger partial charge on any atom is -0.456 e. The number of aromatic nitrogens is 3. The topological polar surface area (TPSA) is 27.9 Å². The van der Waals surface area contributed by atoms with Gasteiger partial charge in [0.05, 0.1) is 33.3 Å². The molecule has 0 N–H and O–H groups in total. The molecule has 9 aromatic carbocycles. The van der Waals surface area contributed by atoms with Crippen molar-refractivity contribution in [3.05, 3.63) is 224 Å². The molecule has 0 amide bonds. The Bertz CT molecular complexity index is 3850. The summed E-state index contributed by atoms with van der Waals surface area (Å²) in [5, 5.41) is 8.33. The Labute approximate surface area is 375 Å². The van der Waals surface area contributed by atoms with Gasteiger partial charge < -0.3 is 18.1 Å². The highest BCUT2D eigenvalue weighted by atomic mass is 16.3. The van der Waals surface area contributed by atoms with Gasteiger partial charge in [-0.2, -0.15) is 0 Å².